The van der Waals surface area contributed by atoms with Gasteiger partial charge in [-0.15, -0.1) is 0 Å². The smallest absolute Gasteiger partial charge is 0.290 e. The third kappa shape index (κ3) is 4.51. The molecule has 0 saturated carbocycles. The number of ether oxygens (including phenoxy) is 2. The molecule has 9 heteroatoms. The van der Waals surface area contributed by atoms with Gasteiger partial charge in [-0.2, -0.15) is 0 Å². The molecule has 0 aliphatic carbocycles. The Morgan fingerprint density at radius 3 is 2.45 bits per heavy atom. The molecule has 3 aromatic carbocycles. The second-order valence-electron chi connectivity index (χ2n) is 11.7. The van der Waals surface area contributed by atoms with Gasteiger partial charge in [0.25, 0.3) is 11.8 Å². The van der Waals surface area contributed by atoms with Crippen molar-refractivity contribution in [3.8, 4) is 22.8 Å². The third-order valence-electron chi connectivity index (χ3n) is 9.03. The van der Waals surface area contributed by atoms with E-state index in [0.717, 1.165) is 54.9 Å². The maximum Gasteiger partial charge on any atom is 0.290 e. The van der Waals surface area contributed by atoms with Crippen molar-refractivity contribution in [1.82, 2.24) is 19.7 Å². The van der Waals surface area contributed by atoms with E-state index in [1.165, 1.54) is 10.9 Å². The number of nitrogens with one attached hydrogen (secondary N) is 1. The zero-order valence-electron chi connectivity index (χ0n) is 24.4. The molecular weight excluding hydrogens is 556 g/mol. The molecule has 8 rings (SSSR count). The SMILES string of the molecule is CN1CCN(C(=O)c2ccc(-c3ccc(C(=O)N4CCc5c([nH]c6ccccc56)C4c4ccc5c(c4)OCO5)o3)cc2)CC1. The van der Waals surface area contributed by atoms with Gasteiger partial charge in [0.2, 0.25) is 6.79 Å². The zero-order chi connectivity index (χ0) is 29.8. The first-order valence-electron chi connectivity index (χ1n) is 15.0. The van der Waals surface area contributed by atoms with Gasteiger partial charge >= 0.3 is 0 Å². The second-order valence-corrected chi connectivity index (χ2v) is 11.7. The fraction of sp³-hybridized carbons (Fsp3) is 0.257. The number of carbonyl (C=O) groups excluding carboxylic acids is 2. The monoisotopic (exact) mass is 588 g/mol. The van der Waals surface area contributed by atoms with Crippen LogP contribution in [0.4, 0.5) is 0 Å². The number of piperazine rings is 1. The molecule has 5 heterocycles. The van der Waals surface area contributed by atoms with Gasteiger partial charge < -0.3 is 33.6 Å². The van der Waals surface area contributed by atoms with Gasteiger partial charge in [-0.3, -0.25) is 9.59 Å². The van der Waals surface area contributed by atoms with Crippen LogP contribution in [0.1, 0.15) is 43.8 Å². The van der Waals surface area contributed by atoms with Crippen molar-refractivity contribution >= 4 is 22.7 Å². The molecule has 3 aliphatic heterocycles. The first-order chi connectivity index (χ1) is 21.5. The molecule has 1 N–H and O–H groups in total. The quantitative estimate of drug-likeness (QED) is 0.305. The van der Waals surface area contributed by atoms with Gasteiger partial charge in [-0.05, 0) is 67.1 Å². The molecule has 0 bridgehead atoms. The van der Waals surface area contributed by atoms with Crippen LogP contribution >= 0.6 is 0 Å². The first kappa shape index (κ1) is 26.6. The van der Waals surface area contributed by atoms with E-state index in [0.29, 0.717) is 29.4 Å². The highest BCUT2D eigenvalue weighted by atomic mass is 16.7. The first-order valence-corrected chi connectivity index (χ1v) is 15.0. The summed E-state index contributed by atoms with van der Waals surface area (Å²) in [5.41, 5.74) is 5.66. The lowest BCUT2D eigenvalue weighted by molar-refractivity contribution is 0.0655. The van der Waals surface area contributed by atoms with Crippen LogP contribution < -0.4 is 9.47 Å². The van der Waals surface area contributed by atoms with E-state index in [4.69, 9.17) is 13.9 Å². The number of likely N-dealkylation sites (N-methyl/N-ethyl adjacent to an activating group) is 1. The molecule has 5 aromatic rings. The lowest BCUT2D eigenvalue weighted by Crippen LogP contribution is -2.47. The fourth-order valence-electron chi connectivity index (χ4n) is 6.61. The summed E-state index contributed by atoms with van der Waals surface area (Å²) in [6.45, 7) is 3.92. The number of H-pyrrole nitrogens is 1. The maximum absolute atomic E-state index is 14.1. The van der Waals surface area contributed by atoms with E-state index >= 15 is 0 Å². The van der Waals surface area contributed by atoms with E-state index in [9.17, 15) is 9.59 Å². The summed E-state index contributed by atoms with van der Waals surface area (Å²) in [6, 6.07) is 24.7. The van der Waals surface area contributed by atoms with Crippen molar-refractivity contribution in [2.24, 2.45) is 0 Å². The number of hydrogen-bond acceptors (Lipinski definition) is 6. The molecule has 222 valence electrons. The molecule has 9 nitrogen and oxygen atoms in total. The largest absolute Gasteiger partial charge is 0.454 e. The van der Waals surface area contributed by atoms with Crippen molar-refractivity contribution in [2.45, 2.75) is 12.5 Å². The minimum atomic E-state index is -0.360. The zero-order valence-corrected chi connectivity index (χ0v) is 24.4. The predicted molar refractivity (Wildman–Crippen MR) is 165 cm³/mol. The van der Waals surface area contributed by atoms with E-state index in [1.807, 2.05) is 70.5 Å². The Hall–Kier alpha value is -5.02. The van der Waals surface area contributed by atoms with Gasteiger partial charge in [-0.25, -0.2) is 0 Å². The number of furan rings is 1. The van der Waals surface area contributed by atoms with Crippen molar-refractivity contribution in [2.75, 3.05) is 46.6 Å². The summed E-state index contributed by atoms with van der Waals surface area (Å²) in [5, 5.41) is 1.18. The Labute approximate surface area is 254 Å². The van der Waals surface area contributed by atoms with Crippen LogP contribution in [0.5, 0.6) is 11.5 Å². The number of benzene rings is 3. The number of hydrogen-bond donors (Lipinski definition) is 1. The van der Waals surface area contributed by atoms with Crippen LogP contribution in [0, 0.1) is 0 Å². The van der Waals surface area contributed by atoms with Crippen molar-refractivity contribution in [1.29, 1.82) is 0 Å². The molecule has 44 heavy (non-hydrogen) atoms. The van der Waals surface area contributed by atoms with E-state index < -0.39 is 0 Å². The summed E-state index contributed by atoms with van der Waals surface area (Å²) in [7, 11) is 2.07. The molecule has 3 aliphatic rings. The normalized spacial score (nSPS) is 18.1. The number of nitrogens with zero attached hydrogens (tertiary/aromatic N) is 3. The summed E-state index contributed by atoms with van der Waals surface area (Å²) < 4.78 is 17.4. The Kier molecular flexibility index (Phi) is 6.41. The predicted octanol–water partition coefficient (Wildman–Crippen LogP) is 5.33. The number of fused-ring (bicyclic) bond motifs is 4. The summed E-state index contributed by atoms with van der Waals surface area (Å²) in [4.78, 5) is 36.7. The average Bonchev–Trinajstić information content (AvgIpc) is 3.82. The molecule has 0 spiro atoms. The maximum atomic E-state index is 14.1. The minimum absolute atomic E-state index is 0.0379. The number of aromatic nitrogens is 1. The second kappa shape index (κ2) is 10.6. The highest BCUT2D eigenvalue weighted by Crippen LogP contribution is 2.42. The highest BCUT2D eigenvalue weighted by molar-refractivity contribution is 5.95. The lowest BCUT2D eigenvalue weighted by atomic mass is 9.92. The van der Waals surface area contributed by atoms with Crippen LogP contribution in [-0.4, -0.2) is 78.1 Å². The Morgan fingerprint density at radius 1 is 0.818 bits per heavy atom. The Morgan fingerprint density at radius 2 is 1.61 bits per heavy atom. The molecule has 1 unspecified atom stereocenters. The number of aromatic amines is 1. The van der Waals surface area contributed by atoms with E-state index in [-0.39, 0.29) is 30.4 Å². The molecule has 0 radical (unpaired) electrons. The van der Waals surface area contributed by atoms with Crippen LogP contribution in [-0.2, 0) is 6.42 Å². The molecule has 2 aromatic heterocycles. The third-order valence-corrected chi connectivity index (χ3v) is 9.03. The van der Waals surface area contributed by atoms with Crippen LogP contribution in [0.3, 0.4) is 0 Å². The van der Waals surface area contributed by atoms with Gasteiger partial charge in [-0.1, -0.05) is 36.4 Å². The van der Waals surface area contributed by atoms with Gasteiger partial charge in [0, 0.05) is 60.4 Å². The summed E-state index contributed by atoms with van der Waals surface area (Å²) >= 11 is 0. The minimum Gasteiger partial charge on any atom is -0.454 e. The number of para-hydroxylation sites is 1. The topological polar surface area (TPSA) is 91.3 Å². The van der Waals surface area contributed by atoms with E-state index in [1.54, 1.807) is 6.07 Å². The molecular formula is C35H32N4O5. The van der Waals surface area contributed by atoms with Crippen molar-refractivity contribution in [3.05, 3.63) is 107 Å². The Balaban J connectivity index is 1.08. The van der Waals surface area contributed by atoms with Gasteiger partial charge in [0.05, 0.1) is 6.04 Å². The van der Waals surface area contributed by atoms with Crippen LogP contribution in [0.15, 0.2) is 83.3 Å². The van der Waals surface area contributed by atoms with E-state index in [2.05, 4.69) is 29.1 Å². The molecule has 1 fully saturated rings. The van der Waals surface area contributed by atoms with Crippen LogP contribution in [0.25, 0.3) is 22.2 Å². The van der Waals surface area contributed by atoms with Crippen molar-refractivity contribution in [3.63, 3.8) is 0 Å². The van der Waals surface area contributed by atoms with Crippen molar-refractivity contribution < 1.29 is 23.5 Å². The van der Waals surface area contributed by atoms with Gasteiger partial charge in [0.15, 0.2) is 17.3 Å². The Bertz CT molecular complexity index is 1880. The molecule has 1 atom stereocenters. The average molecular weight is 589 g/mol. The van der Waals surface area contributed by atoms with Gasteiger partial charge in [0.1, 0.15) is 5.76 Å². The highest BCUT2D eigenvalue weighted by Gasteiger charge is 2.37. The fourth-order valence-corrected chi connectivity index (χ4v) is 6.61. The summed E-state index contributed by atoms with van der Waals surface area (Å²) in [6.07, 6.45) is 0.725. The lowest BCUT2D eigenvalue weighted by Gasteiger charge is -2.35. The molecule has 1 saturated heterocycles. The summed E-state index contributed by atoms with van der Waals surface area (Å²) in [5.74, 6) is 2.07. The van der Waals surface area contributed by atoms with Crippen LogP contribution in [0.2, 0.25) is 0 Å². The number of carbonyl (C=O) groups is 2. The number of amides is 2. The standard InChI is InChI=1S/C35H32N4O5/c1-37-16-18-38(19-17-37)34(40)23-8-6-22(7-9-23)28-12-13-30(44-28)35(41)39-15-14-26-25-4-2-3-5-27(25)36-32(26)33(39)24-10-11-29-31(20-24)43-21-42-29/h2-13,20,33,36H,14-19,21H2,1H3. The number of rotatable bonds is 4. The molecule has 2 amide bonds.